The molecule has 3 unspecified atom stereocenters. The average molecular weight is 310 g/mol. The molecule has 4 nitrogen and oxygen atoms in total. The summed E-state index contributed by atoms with van der Waals surface area (Å²) in [5, 5.41) is 12.6. The van der Waals surface area contributed by atoms with Crippen molar-refractivity contribution in [2.24, 2.45) is 5.92 Å². The smallest absolute Gasteiger partial charge is 0.150 e. The van der Waals surface area contributed by atoms with E-state index in [0.717, 1.165) is 56.4 Å². The molecular formula is C18H23BN2O2. The van der Waals surface area contributed by atoms with Crippen LogP contribution in [0.3, 0.4) is 0 Å². The number of benzene rings is 1. The summed E-state index contributed by atoms with van der Waals surface area (Å²) >= 11 is 0. The number of carbonyl (C=O) groups is 1. The predicted molar refractivity (Wildman–Crippen MR) is 90.1 cm³/mol. The van der Waals surface area contributed by atoms with Gasteiger partial charge in [-0.3, -0.25) is 4.79 Å². The summed E-state index contributed by atoms with van der Waals surface area (Å²) in [6, 6.07) is 6.29. The largest absolute Gasteiger partial charge is 0.394 e. The summed E-state index contributed by atoms with van der Waals surface area (Å²) in [5.74, 6) is 1.33. The van der Waals surface area contributed by atoms with Gasteiger partial charge in [-0.1, -0.05) is 24.4 Å². The Labute approximate surface area is 138 Å². The number of hydrogen-bond donors (Lipinski definition) is 2. The highest BCUT2D eigenvalue weighted by atomic mass is 16.3. The second-order valence-electron chi connectivity index (χ2n) is 7.64. The van der Waals surface area contributed by atoms with Gasteiger partial charge in [0, 0.05) is 31.7 Å². The second-order valence-corrected chi connectivity index (χ2v) is 7.64. The minimum atomic E-state index is -0.0381. The molecule has 3 fully saturated rings. The quantitative estimate of drug-likeness (QED) is 0.443. The summed E-state index contributed by atoms with van der Waals surface area (Å²) in [7, 11) is 5.90. The van der Waals surface area contributed by atoms with E-state index in [9.17, 15) is 9.90 Å². The van der Waals surface area contributed by atoms with Gasteiger partial charge in [-0.25, -0.2) is 0 Å². The van der Waals surface area contributed by atoms with Crippen LogP contribution < -0.4 is 5.32 Å². The molecule has 1 aromatic carbocycles. The molecule has 120 valence electrons. The van der Waals surface area contributed by atoms with Gasteiger partial charge >= 0.3 is 0 Å². The highest BCUT2D eigenvalue weighted by Gasteiger charge is 2.45. The van der Waals surface area contributed by atoms with Gasteiger partial charge in [0.25, 0.3) is 0 Å². The molecule has 1 aliphatic carbocycles. The Balaban J connectivity index is 1.34. The van der Waals surface area contributed by atoms with Crippen LogP contribution in [-0.4, -0.2) is 62.5 Å². The Morgan fingerprint density at radius 3 is 2.74 bits per heavy atom. The average Bonchev–Trinajstić information content (AvgIpc) is 3.43. The van der Waals surface area contributed by atoms with Crippen molar-refractivity contribution in [3.63, 3.8) is 0 Å². The number of likely N-dealkylation sites (tertiary alicyclic amines) is 1. The van der Waals surface area contributed by atoms with Crippen molar-refractivity contribution in [3.8, 4) is 0 Å². The van der Waals surface area contributed by atoms with Crippen LogP contribution >= 0.6 is 0 Å². The van der Waals surface area contributed by atoms with Gasteiger partial charge in [-0.05, 0) is 35.4 Å². The molecule has 2 N–H and O–H groups in total. The summed E-state index contributed by atoms with van der Waals surface area (Å²) < 4.78 is 0. The van der Waals surface area contributed by atoms with Gasteiger partial charge in [0.1, 0.15) is 6.29 Å². The number of aldehydes is 1. The fourth-order valence-electron chi connectivity index (χ4n) is 3.81. The Kier molecular flexibility index (Phi) is 3.83. The Bertz CT molecular complexity index is 611. The maximum absolute atomic E-state index is 11.4. The van der Waals surface area contributed by atoms with Crippen LogP contribution in [-0.2, 0) is 6.42 Å². The van der Waals surface area contributed by atoms with Gasteiger partial charge < -0.3 is 15.3 Å². The molecule has 3 atom stereocenters. The van der Waals surface area contributed by atoms with E-state index in [4.69, 9.17) is 7.85 Å². The molecule has 2 saturated heterocycles. The third-order valence-corrected chi connectivity index (χ3v) is 5.61. The summed E-state index contributed by atoms with van der Waals surface area (Å²) in [5.41, 5.74) is 3.16. The maximum Gasteiger partial charge on any atom is 0.150 e. The molecule has 4 rings (SSSR count). The normalized spacial score (nSPS) is 33.3. The van der Waals surface area contributed by atoms with Gasteiger partial charge in [0.05, 0.1) is 20.0 Å². The van der Waals surface area contributed by atoms with Crippen LogP contribution in [0.2, 0.25) is 5.82 Å². The standard InChI is InChI=1S/C18H23BN2O2/c19-17-5-16(17)14-2-1-13(15(4-14)8-22)3-12-6-21(7-12)10-18(11-23)9-20-18/h1-2,4,8,12,16-17,20,23H,3,5-7,9-11H2. The van der Waals surface area contributed by atoms with Gasteiger partial charge in [-0.2, -0.15) is 0 Å². The first-order valence-electron chi connectivity index (χ1n) is 8.54. The molecule has 5 heteroatoms. The summed E-state index contributed by atoms with van der Waals surface area (Å²) in [6.45, 7) is 4.17. The van der Waals surface area contributed by atoms with E-state index in [-0.39, 0.29) is 18.0 Å². The highest BCUT2D eigenvalue weighted by Crippen LogP contribution is 2.50. The molecule has 0 bridgehead atoms. The van der Waals surface area contributed by atoms with Crippen molar-refractivity contribution in [2.45, 2.75) is 30.1 Å². The van der Waals surface area contributed by atoms with Crippen molar-refractivity contribution < 1.29 is 9.90 Å². The Morgan fingerprint density at radius 1 is 1.43 bits per heavy atom. The van der Waals surface area contributed by atoms with Crippen molar-refractivity contribution in [2.75, 3.05) is 32.8 Å². The fourth-order valence-corrected chi connectivity index (χ4v) is 3.81. The fraction of sp³-hybridized carbons (Fsp3) is 0.611. The van der Waals surface area contributed by atoms with Crippen molar-refractivity contribution in [1.29, 1.82) is 0 Å². The number of aliphatic hydroxyl groups excluding tert-OH is 1. The zero-order chi connectivity index (χ0) is 16.0. The lowest BCUT2D eigenvalue weighted by molar-refractivity contribution is 0.0765. The molecule has 0 aromatic heterocycles. The van der Waals surface area contributed by atoms with Crippen molar-refractivity contribution in [1.82, 2.24) is 10.2 Å². The first kappa shape index (κ1) is 15.4. The van der Waals surface area contributed by atoms with Crippen molar-refractivity contribution >= 4 is 14.1 Å². The Hall–Kier alpha value is -1.17. The number of nitrogens with zero attached hydrogens (tertiary/aromatic N) is 1. The Morgan fingerprint density at radius 2 is 2.17 bits per heavy atom. The SMILES string of the molecule is [B]C1CC1c1ccc(CC2CN(CC3(CO)CN3)C2)c(C=O)c1. The number of hydrogen-bond acceptors (Lipinski definition) is 4. The van der Waals surface area contributed by atoms with E-state index in [1.807, 2.05) is 6.07 Å². The minimum Gasteiger partial charge on any atom is -0.394 e. The lowest BCUT2D eigenvalue weighted by Crippen LogP contribution is -2.52. The summed E-state index contributed by atoms with van der Waals surface area (Å²) in [6.07, 6.45) is 2.98. The third-order valence-electron chi connectivity index (χ3n) is 5.61. The van der Waals surface area contributed by atoms with Crippen molar-refractivity contribution in [3.05, 3.63) is 34.9 Å². The van der Waals surface area contributed by atoms with Gasteiger partial charge in [0.15, 0.2) is 0 Å². The van der Waals surface area contributed by atoms with Gasteiger partial charge in [0.2, 0.25) is 0 Å². The first-order chi connectivity index (χ1) is 11.1. The van der Waals surface area contributed by atoms with E-state index in [0.29, 0.717) is 11.8 Å². The molecule has 2 radical (unpaired) electrons. The third kappa shape index (κ3) is 3.10. The molecule has 2 aliphatic heterocycles. The van der Waals surface area contributed by atoms with E-state index in [2.05, 4.69) is 22.3 Å². The van der Waals surface area contributed by atoms with E-state index in [1.54, 1.807) is 0 Å². The molecule has 1 saturated carbocycles. The molecule has 0 amide bonds. The zero-order valence-electron chi connectivity index (χ0n) is 13.4. The van der Waals surface area contributed by atoms with E-state index < -0.39 is 0 Å². The van der Waals surface area contributed by atoms with E-state index >= 15 is 0 Å². The molecule has 1 aromatic rings. The van der Waals surface area contributed by atoms with Crippen LogP contribution in [0.25, 0.3) is 0 Å². The molecule has 2 heterocycles. The van der Waals surface area contributed by atoms with E-state index in [1.165, 1.54) is 5.56 Å². The maximum atomic E-state index is 11.4. The number of aliphatic hydroxyl groups is 1. The van der Waals surface area contributed by atoms with Crippen LogP contribution in [0.1, 0.15) is 33.8 Å². The highest BCUT2D eigenvalue weighted by molar-refractivity contribution is 6.14. The predicted octanol–water partition coefficient (Wildman–Crippen LogP) is 0.752. The number of carbonyl (C=O) groups excluding carboxylic acids is 1. The monoisotopic (exact) mass is 310 g/mol. The van der Waals surface area contributed by atoms with Crippen LogP contribution in [0.4, 0.5) is 0 Å². The summed E-state index contributed by atoms with van der Waals surface area (Å²) in [4.78, 5) is 13.8. The molecule has 23 heavy (non-hydrogen) atoms. The topological polar surface area (TPSA) is 62.5 Å². The number of rotatable bonds is 7. The first-order valence-corrected chi connectivity index (χ1v) is 8.54. The minimum absolute atomic E-state index is 0.0381. The van der Waals surface area contributed by atoms with Crippen LogP contribution in [0, 0.1) is 5.92 Å². The van der Waals surface area contributed by atoms with Gasteiger partial charge in [-0.15, -0.1) is 0 Å². The molecule has 0 spiro atoms. The lowest BCUT2D eigenvalue weighted by atomic mass is 9.88. The lowest BCUT2D eigenvalue weighted by Gasteiger charge is -2.41. The van der Waals surface area contributed by atoms with Crippen LogP contribution in [0.15, 0.2) is 18.2 Å². The molecule has 3 aliphatic rings. The second kappa shape index (κ2) is 5.73. The zero-order valence-corrected chi connectivity index (χ0v) is 13.4. The van der Waals surface area contributed by atoms with Crippen LogP contribution in [0.5, 0.6) is 0 Å². The number of nitrogens with one attached hydrogen (secondary N) is 1. The molecular weight excluding hydrogens is 287 g/mol.